The van der Waals surface area contributed by atoms with Gasteiger partial charge in [0, 0.05) is 80.4 Å². The van der Waals surface area contributed by atoms with E-state index in [4.69, 9.17) is 4.98 Å². The van der Waals surface area contributed by atoms with E-state index in [1.54, 1.807) is 0 Å². The van der Waals surface area contributed by atoms with Crippen LogP contribution in [0.1, 0.15) is 25.7 Å². The Hall–Kier alpha value is -2.11. The predicted octanol–water partition coefficient (Wildman–Crippen LogP) is 3.60. The second-order valence-electron chi connectivity index (χ2n) is 8.80. The highest BCUT2D eigenvalue weighted by Crippen LogP contribution is 2.38. The lowest BCUT2D eigenvalue weighted by Gasteiger charge is -2.46. The predicted molar refractivity (Wildman–Crippen MR) is 114 cm³/mol. The van der Waals surface area contributed by atoms with Crippen LogP contribution in [0.5, 0.6) is 0 Å². The van der Waals surface area contributed by atoms with Crippen LogP contribution in [0, 0.1) is 0 Å². The summed E-state index contributed by atoms with van der Waals surface area (Å²) in [5, 5.41) is 1.28. The van der Waals surface area contributed by atoms with E-state index in [9.17, 15) is 0 Å². The van der Waals surface area contributed by atoms with Gasteiger partial charge in [0.05, 0.1) is 0 Å². The van der Waals surface area contributed by atoms with Crippen LogP contribution in [0.4, 0.5) is 0 Å². The number of nitrogens with zero attached hydrogens (tertiary/aromatic N) is 5. The lowest BCUT2D eigenvalue weighted by molar-refractivity contribution is 0.0315. The van der Waals surface area contributed by atoms with E-state index in [1.807, 2.05) is 6.20 Å². The molecule has 2 aromatic heterocycles. The van der Waals surface area contributed by atoms with Gasteiger partial charge in [0.25, 0.3) is 0 Å². The fourth-order valence-corrected chi connectivity index (χ4v) is 5.32. The molecule has 28 heavy (non-hydrogen) atoms. The number of hydrogen-bond donors (Lipinski definition) is 0. The van der Waals surface area contributed by atoms with Crippen molar-refractivity contribution in [3.8, 4) is 11.4 Å². The van der Waals surface area contributed by atoms with E-state index < -0.39 is 0 Å². The number of imidazole rings is 1. The number of fused-ring (bicyclic) bond motifs is 1. The standard InChI is InChI=1S/C23H31N5/c1-25-13-15-28(16-14-25)23(8-3-4-9-23)18-27-12-10-24-22(27)20-5-6-21-19(17-20)7-11-26(21)2/h5-7,10-12,17H,3-4,8-9,13-16,18H2,1-2H3. The summed E-state index contributed by atoms with van der Waals surface area (Å²) in [6, 6.07) is 8.91. The minimum Gasteiger partial charge on any atom is -0.351 e. The summed E-state index contributed by atoms with van der Waals surface area (Å²) in [5.74, 6) is 1.10. The molecule has 2 fully saturated rings. The normalized spacial score (nSPS) is 20.9. The van der Waals surface area contributed by atoms with Crippen molar-refractivity contribution >= 4 is 10.9 Å². The zero-order valence-corrected chi connectivity index (χ0v) is 17.1. The quantitative estimate of drug-likeness (QED) is 0.696. The molecule has 5 heteroatoms. The average molecular weight is 378 g/mol. The molecule has 3 heterocycles. The first-order valence-electron chi connectivity index (χ1n) is 10.6. The third-order valence-electron chi connectivity index (χ3n) is 7.03. The topological polar surface area (TPSA) is 29.2 Å². The first kappa shape index (κ1) is 18.0. The van der Waals surface area contributed by atoms with Crippen LogP contribution in [-0.2, 0) is 13.6 Å². The van der Waals surface area contributed by atoms with Gasteiger partial charge in [-0.2, -0.15) is 0 Å². The molecule has 0 spiro atoms. The lowest BCUT2D eigenvalue weighted by atomic mass is 9.93. The Bertz CT molecular complexity index is 954. The van der Waals surface area contributed by atoms with Crippen LogP contribution >= 0.6 is 0 Å². The van der Waals surface area contributed by atoms with Gasteiger partial charge in [-0.1, -0.05) is 12.8 Å². The number of rotatable bonds is 4. The SMILES string of the molecule is CN1CCN(C2(Cn3ccnc3-c3ccc4c(ccn4C)c3)CCCC2)CC1. The Labute approximate surface area is 167 Å². The lowest BCUT2D eigenvalue weighted by Crippen LogP contribution is -2.57. The van der Waals surface area contributed by atoms with Crippen molar-refractivity contribution < 1.29 is 0 Å². The summed E-state index contributed by atoms with van der Waals surface area (Å²) in [7, 11) is 4.34. The summed E-state index contributed by atoms with van der Waals surface area (Å²) in [6.45, 7) is 5.80. The number of benzene rings is 1. The van der Waals surface area contributed by atoms with Crippen LogP contribution in [0.15, 0.2) is 42.9 Å². The Balaban J connectivity index is 1.46. The van der Waals surface area contributed by atoms with Crippen molar-refractivity contribution in [2.75, 3.05) is 33.2 Å². The van der Waals surface area contributed by atoms with Crippen molar-refractivity contribution in [3.05, 3.63) is 42.9 Å². The Kier molecular flexibility index (Phi) is 4.52. The highest BCUT2D eigenvalue weighted by atomic mass is 15.3. The molecule has 1 aromatic carbocycles. The zero-order chi connectivity index (χ0) is 19.1. The summed E-state index contributed by atoms with van der Waals surface area (Å²) in [5.41, 5.74) is 2.79. The van der Waals surface area contributed by atoms with Gasteiger partial charge >= 0.3 is 0 Å². The monoisotopic (exact) mass is 377 g/mol. The van der Waals surface area contributed by atoms with Crippen molar-refractivity contribution in [2.24, 2.45) is 7.05 Å². The second-order valence-corrected chi connectivity index (χ2v) is 8.80. The maximum absolute atomic E-state index is 4.76. The van der Waals surface area contributed by atoms with Crippen LogP contribution in [0.2, 0.25) is 0 Å². The van der Waals surface area contributed by atoms with E-state index in [2.05, 4.69) is 69.7 Å². The van der Waals surface area contributed by atoms with Gasteiger partial charge in [0.1, 0.15) is 5.82 Å². The molecule has 1 saturated heterocycles. The first-order chi connectivity index (χ1) is 13.6. The number of aromatic nitrogens is 3. The molecule has 0 atom stereocenters. The first-order valence-corrected chi connectivity index (χ1v) is 10.6. The van der Waals surface area contributed by atoms with Gasteiger partial charge in [0.15, 0.2) is 0 Å². The minimum atomic E-state index is 0.299. The third kappa shape index (κ3) is 3.07. The van der Waals surface area contributed by atoms with Gasteiger partial charge in [0.2, 0.25) is 0 Å². The van der Waals surface area contributed by atoms with E-state index in [1.165, 1.54) is 68.3 Å². The van der Waals surface area contributed by atoms with Crippen LogP contribution in [-0.4, -0.2) is 62.7 Å². The third-order valence-corrected chi connectivity index (χ3v) is 7.03. The van der Waals surface area contributed by atoms with Crippen LogP contribution in [0.25, 0.3) is 22.3 Å². The zero-order valence-electron chi connectivity index (χ0n) is 17.1. The smallest absolute Gasteiger partial charge is 0.139 e. The van der Waals surface area contributed by atoms with E-state index in [0.717, 1.165) is 12.4 Å². The molecule has 148 valence electrons. The second kappa shape index (κ2) is 7.05. The molecule has 0 amide bonds. The van der Waals surface area contributed by atoms with Crippen LogP contribution < -0.4 is 0 Å². The molecule has 1 aliphatic heterocycles. The molecule has 0 unspecified atom stereocenters. The van der Waals surface area contributed by atoms with E-state index in [-0.39, 0.29) is 0 Å². The molecule has 0 N–H and O–H groups in total. The van der Waals surface area contributed by atoms with Gasteiger partial charge in [-0.3, -0.25) is 4.90 Å². The molecule has 2 aliphatic rings. The largest absolute Gasteiger partial charge is 0.351 e. The maximum Gasteiger partial charge on any atom is 0.139 e. The Morgan fingerprint density at radius 3 is 2.54 bits per heavy atom. The number of aryl methyl sites for hydroxylation is 1. The fourth-order valence-electron chi connectivity index (χ4n) is 5.32. The maximum atomic E-state index is 4.76. The highest BCUT2D eigenvalue weighted by molar-refractivity contribution is 5.84. The number of piperazine rings is 1. The van der Waals surface area contributed by atoms with Gasteiger partial charge < -0.3 is 14.0 Å². The molecule has 0 bridgehead atoms. The molecule has 5 nitrogen and oxygen atoms in total. The molecular formula is C23H31N5. The van der Waals surface area contributed by atoms with Gasteiger partial charge in [-0.05, 0) is 44.2 Å². The summed E-state index contributed by atoms with van der Waals surface area (Å²) >= 11 is 0. The highest BCUT2D eigenvalue weighted by Gasteiger charge is 2.41. The van der Waals surface area contributed by atoms with Crippen molar-refractivity contribution in [1.29, 1.82) is 0 Å². The molecule has 5 rings (SSSR count). The summed E-state index contributed by atoms with van der Waals surface area (Å²) in [6.07, 6.45) is 11.6. The van der Waals surface area contributed by atoms with Gasteiger partial charge in [-0.25, -0.2) is 4.98 Å². The van der Waals surface area contributed by atoms with Gasteiger partial charge in [-0.15, -0.1) is 0 Å². The molecule has 3 aromatic rings. The fraction of sp³-hybridized carbons (Fsp3) is 0.522. The average Bonchev–Trinajstić information content (AvgIpc) is 3.44. The molecule has 1 aliphatic carbocycles. The van der Waals surface area contributed by atoms with Crippen molar-refractivity contribution in [3.63, 3.8) is 0 Å². The van der Waals surface area contributed by atoms with Crippen LogP contribution in [0.3, 0.4) is 0 Å². The van der Waals surface area contributed by atoms with Crippen molar-refractivity contribution in [2.45, 2.75) is 37.8 Å². The number of hydrogen-bond acceptors (Lipinski definition) is 3. The Morgan fingerprint density at radius 1 is 0.964 bits per heavy atom. The summed E-state index contributed by atoms with van der Waals surface area (Å²) in [4.78, 5) is 10.00. The minimum absolute atomic E-state index is 0.299. The molecular weight excluding hydrogens is 346 g/mol. The van der Waals surface area contributed by atoms with E-state index in [0.29, 0.717) is 5.54 Å². The molecule has 1 saturated carbocycles. The van der Waals surface area contributed by atoms with E-state index >= 15 is 0 Å². The van der Waals surface area contributed by atoms with Crippen molar-refractivity contribution in [1.82, 2.24) is 23.9 Å². The Morgan fingerprint density at radius 2 is 1.75 bits per heavy atom. The molecule has 0 radical (unpaired) electrons. The number of likely N-dealkylation sites (N-methyl/N-ethyl adjacent to an activating group) is 1. The summed E-state index contributed by atoms with van der Waals surface area (Å²) < 4.78 is 4.58.